The van der Waals surface area contributed by atoms with Crippen molar-refractivity contribution in [1.29, 1.82) is 0 Å². The Morgan fingerprint density at radius 2 is 1.74 bits per heavy atom. The number of carbonyl (C=O) groups excluding carboxylic acids is 1. The molecule has 1 saturated heterocycles. The summed E-state index contributed by atoms with van der Waals surface area (Å²) >= 11 is 0. The van der Waals surface area contributed by atoms with Crippen molar-refractivity contribution in [2.24, 2.45) is 0 Å². The van der Waals surface area contributed by atoms with Gasteiger partial charge >= 0.3 is 6.09 Å². The molecule has 1 atom stereocenters. The number of benzene rings is 2. The van der Waals surface area contributed by atoms with Crippen molar-refractivity contribution in [2.45, 2.75) is 18.4 Å². The summed E-state index contributed by atoms with van der Waals surface area (Å²) in [5, 5.41) is 0. The molecule has 1 aliphatic heterocycles. The molecule has 3 heteroatoms. The van der Waals surface area contributed by atoms with Crippen molar-refractivity contribution in [2.75, 3.05) is 13.2 Å². The number of ether oxygens (including phenoxy) is 1. The number of carbonyl (C=O) groups is 1. The third-order valence-corrected chi connectivity index (χ3v) is 4.78. The van der Waals surface area contributed by atoms with Crippen LogP contribution in [0, 0.1) is 12.3 Å². The fourth-order valence-corrected chi connectivity index (χ4v) is 3.46. The van der Waals surface area contributed by atoms with Crippen LogP contribution in [0.25, 0.3) is 11.1 Å². The Bertz CT molecular complexity index is 760. The molecule has 0 saturated carbocycles. The van der Waals surface area contributed by atoms with Crippen LogP contribution in [0.1, 0.15) is 23.5 Å². The molecule has 0 radical (unpaired) electrons. The zero-order chi connectivity index (χ0) is 15.8. The average molecular weight is 303 g/mol. The standard InChI is InChI=1S/C20H17NO2/c1-2-14-11-12-21(14)20(22)23-13-19-17-9-5-3-7-15(17)16-8-4-6-10-18(16)19/h1,3-10,14,19H,11-13H2. The molecular weight excluding hydrogens is 286 g/mol. The highest BCUT2D eigenvalue weighted by Crippen LogP contribution is 2.44. The molecule has 23 heavy (non-hydrogen) atoms. The van der Waals surface area contributed by atoms with Gasteiger partial charge in [0.2, 0.25) is 0 Å². The summed E-state index contributed by atoms with van der Waals surface area (Å²) in [6.07, 6.45) is 5.96. The van der Waals surface area contributed by atoms with Crippen molar-refractivity contribution in [3.8, 4) is 23.5 Å². The van der Waals surface area contributed by atoms with Crippen LogP contribution in [-0.2, 0) is 4.74 Å². The van der Waals surface area contributed by atoms with Crippen LogP contribution < -0.4 is 0 Å². The molecule has 0 spiro atoms. The Balaban J connectivity index is 1.55. The molecule has 0 aromatic heterocycles. The number of likely N-dealkylation sites (tertiary alicyclic amines) is 1. The van der Waals surface area contributed by atoms with Gasteiger partial charge in [-0.1, -0.05) is 54.5 Å². The lowest BCUT2D eigenvalue weighted by atomic mass is 9.98. The van der Waals surface area contributed by atoms with Crippen LogP contribution >= 0.6 is 0 Å². The van der Waals surface area contributed by atoms with E-state index in [-0.39, 0.29) is 18.1 Å². The van der Waals surface area contributed by atoms with Gasteiger partial charge in [0.05, 0.1) is 6.04 Å². The predicted molar refractivity (Wildman–Crippen MR) is 89.0 cm³/mol. The lowest BCUT2D eigenvalue weighted by molar-refractivity contribution is 0.0632. The minimum absolute atomic E-state index is 0.0944. The molecule has 1 heterocycles. The van der Waals surface area contributed by atoms with E-state index in [9.17, 15) is 4.79 Å². The van der Waals surface area contributed by atoms with Gasteiger partial charge in [-0.15, -0.1) is 6.42 Å². The van der Waals surface area contributed by atoms with Gasteiger partial charge in [-0.3, -0.25) is 4.90 Å². The molecule has 1 aliphatic carbocycles. The van der Waals surface area contributed by atoms with Crippen LogP contribution in [0.5, 0.6) is 0 Å². The highest BCUT2D eigenvalue weighted by atomic mass is 16.6. The van der Waals surface area contributed by atoms with E-state index in [0.29, 0.717) is 13.2 Å². The van der Waals surface area contributed by atoms with Crippen molar-refractivity contribution >= 4 is 6.09 Å². The van der Waals surface area contributed by atoms with Crippen molar-refractivity contribution in [3.63, 3.8) is 0 Å². The Labute approximate surface area is 135 Å². The van der Waals surface area contributed by atoms with Crippen molar-refractivity contribution < 1.29 is 9.53 Å². The number of terminal acetylenes is 1. The van der Waals surface area contributed by atoms with Crippen LogP contribution in [0.2, 0.25) is 0 Å². The van der Waals surface area contributed by atoms with Gasteiger partial charge in [0.1, 0.15) is 6.61 Å². The normalized spacial score (nSPS) is 18.6. The largest absolute Gasteiger partial charge is 0.448 e. The molecule has 2 aromatic rings. The van der Waals surface area contributed by atoms with Gasteiger partial charge < -0.3 is 4.74 Å². The quantitative estimate of drug-likeness (QED) is 0.793. The maximum Gasteiger partial charge on any atom is 0.410 e. The first-order valence-electron chi connectivity index (χ1n) is 7.87. The lowest BCUT2D eigenvalue weighted by Crippen LogP contribution is -2.50. The Hall–Kier alpha value is -2.73. The number of fused-ring (bicyclic) bond motifs is 3. The SMILES string of the molecule is C#CC1CCN1C(=O)OCC1c2ccccc2-c2ccccc21. The minimum Gasteiger partial charge on any atom is -0.448 e. The van der Waals surface area contributed by atoms with Crippen LogP contribution in [0.3, 0.4) is 0 Å². The van der Waals surface area contributed by atoms with E-state index in [1.807, 2.05) is 24.3 Å². The molecule has 114 valence electrons. The number of nitrogens with zero attached hydrogens (tertiary/aromatic N) is 1. The fraction of sp³-hybridized carbons (Fsp3) is 0.250. The van der Waals surface area contributed by atoms with E-state index >= 15 is 0 Å². The van der Waals surface area contributed by atoms with Crippen molar-refractivity contribution in [3.05, 3.63) is 59.7 Å². The second kappa shape index (κ2) is 5.48. The first kappa shape index (κ1) is 13.9. The minimum atomic E-state index is -0.305. The maximum absolute atomic E-state index is 12.2. The molecule has 1 fully saturated rings. The van der Waals surface area contributed by atoms with Crippen molar-refractivity contribution in [1.82, 2.24) is 4.90 Å². The number of hydrogen-bond acceptors (Lipinski definition) is 2. The fourth-order valence-electron chi connectivity index (χ4n) is 3.46. The average Bonchev–Trinajstić information content (AvgIpc) is 2.86. The summed E-state index contributed by atoms with van der Waals surface area (Å²) in [5.74, 6) is 2.71. The second-order valence-electron chi connectivity index (χ2n) is 5.97. The third kappa shape index (κ3) is 2.19. The molecule has 4 rings (SSSR count). The van der Waals surface area contributed by atoms with E-state index in [4.69, 9.17) is 11.2 Å². The zero-order valence-corrected chi connectivity index (χ0v) is 12.7. The third-order valence-electron chi connectivity index (χ3n) is 4.78. The van der Waals surface area contributed by atoms with Gasteiger partial charge in [0.25, 0.3) is 0 Å². The predicted octanol–water partition coefficient (Wildman–Crippen LogP) is 3.64. The molecule has 2 aliphatic rings. The molecule has 0 bridgehead atoms. The molecule has 2 aromatic carbocycles. The Kier molecular flexibility index (Phi) is 3.31. The van der Waals surface area contributed by atoms with Crippen LogP contribution in [0.4, 0.5) is 4.79 Å². The monoisotopic (exact) mass is 303 g/mol. The number of rotatable bonds is 2. The van der Waals surface area contributed by atoms with E-state index in [1.54, 1.807) is 4.90 Å². The Morgan fingerprint density at radius 3 is 2.26 bits per heavy atom. The lowest BCUT2D eigenvalue weighted by Gasteiger charge is -2.36. The molecular formula is C20H17NO2. The summed E-state index contributed by atoms with van der Waals surface area (Å²) in [7, 11) is 0. The van der Waals surface area contributed by atoms with Gasteiger partial charge in [-0.05, 0) is 28.7 Å². The Morgan fingerprint density at radius 1 is 1.13 bits per heavy atom. The number of amides is 1. The van der Waals surface area contributed by atoms with Gasteiger partial charge in [-0.2, -0.15) is 0 Å². The van der Waals surface area contributed by atoms with E-state index in [2.05, 4.69) is 30.2 Å². The molecule has 3 nitrogen and oxygen atoms in total. The summed E-state index contributed by atoms with van der Waals surface area (Å²) in [6.45, 7) is 1.03. The molecule has 1 unspecified atom stereocenters. The van der Waals surface area contributed by atoms with E-state index < -0.39 is 0 Å². The van der Waals surface area contributed by atoms with E-state index in [1.165, 1.54) is 22.3 Å². The first-order chi connectivity index (χ1) is 11.3. The first-order valence-corrected chi connectivity index (χ1v) is 7.87. The summed E-state index contributed by atoms with van der Waals surface area (Å²) in [4.78, 5) is 13.8. The molecule has 1 amide bonds. The van der Waals surface area contributed by atoms with Crippen LogP contribution in [0.15, 0.2) is 48.5 Å². The highest BCUT2D eigenvalue weighted by Gasteiger charge is 2.34. The van der Waals surface area contributed by atoms with Crippen LogP contribution in [-0.4, -0.2) is 30.2 Å². The van der Waals surface area contributed by atoms with Gasteiger partial charge in [0.15, 0.2) is 0 Å². The summed E-state index contributed by atoms with van der Waals surface area (Å²) in [5.41, 5.74) is 4.90. The van der Waals surface area contributed by atoms with E-state index in [0.717, 1.165) is 6.42 Å². The maximum atomic E-state index is 12.2. The zero-order valence-electron chi connectivity index (χ0n) is 12.7. The van der Waals surface area contributed by atoms with Gasteiger partial charge in [0, 0.05) is 12.5 Å². The number of hydrogen-bond donors (Lipinski definition) is 0. The topological polar surface area (TPSA) is 29.5 Å². The highest BCUT2D eigenvalue weighted by molar-refractivity contribution is 5.79. The smallest absolute Gasteiger partial charge is 0.410 e. The van der Waals surface area contributed by atoms with Gasteiger partial charge in [-0.25, -0.2) is 4.79 Å². The molecule has 0 N–H and O–H groups in total. The second-order valence-corrected chi connectivity index (χ2v) is 5.97. The summed E-state index contributed by atoms with van der Waals surface area (Å²) in [6, 6.07) is 16.5. The summed E-state index contributed by atoms with van der Waals surface area (Å²) < 4.78 is 5.57.